The number of nitrogens with one attached hydrogen (secondary N) is 1. The normalized spacial score (nSPS) is 19.7. The fraction of sp³-hybridized carbons (Fsp3) is 0.526. The molecule has 2 aromatic rings. The summed E-state index contributed by atoms with van der Waals surface area (Å²) in [6, 6.07) is 7.32. The van der Waals surface area contributed by atoms with Crippen LogP contribution in [0.15, 0.2) is 24.3 Å². The highest BCUT2D eigenvalue weighted by atomic mass is 16.5. The molecule has 26 heavy (non-hydrogen) atoms. The first-order valence-electron chi connectivity index (χ1n) is 9.40. The molecule has 0 spiro atoms. The molecule has 4 rings (SSSR count). The Kier molecular flexibility index (Phi) is 4.77. The molecule has 2 aliphatic heterocycles. The molecule has 3 heterocycles. The van der Waals surface area contributed by atoms with Crippen LogP contribution < -0.4 is 10.1 Å². The van der Waals surface area contributed by atoms with E-state index in [-0.39, 0.29) is 12.1 Å². The van der Waals surface area contributed by atoms with Crippen molar-refractivity contribution >= 4 is 11.7 Å². The lowest BCUT2D eigenvalue weighted by atomic mass is 10.2. The molecule has 1 atom stereocenters. The van der Waals surface area contributed by atoms with Crippen molar-refractivity contribution in [2.45, 2.75) is 51.1 Å². The number of aromatic nitrogens is 3. The van der Waals surface area contributed by atoms with Gasteiger partial charge < -0.3 is 19.5 Å². The Balaban J connectivity index is 1.51. The van der Waals surface area contributed by atoms with Crippen LogP contribution >= 0.6 is 0 Å². The third kappa shape index (κ3) is 3.25. The number of carbonyl (C=O) groups excluding carboxylic acids is 1. The Labute approximate surface area is 153 Å². The van der Waals surface area contributed by atoms with Crippen LogP contribution in [-0.2, 0) is 13.0 Å². The Morgan fingerprint density at radius 3 is 2.77 bits per heavy atom. The first kappa shape index (κ1) is 16.9. The van der Waals surface area contributed by atoms with Crippen LogP contribution in [0.2, 0.25) is 0 Å². The first-order valence-corrected chi connectivity index (χ1v) is 9.40. The highest BCUT2D eigenvalue weighted by molar-refractivity contribution is 5.89. The SMILES string of the molecule is COc1ccc(NC(=O)N2CCC[C@@H]2c2nnc3n2CCCCC3)cc1. The van der Waals surface area contributed by atoms with Gasteiger partial charge in [-0.15, -0.1) is 10.2 Å². The lowest BCUT2D eigenvalue weighted by Crippen LogP contribution is -2.35. The molecule has 1 N–H and O–H groups in total. The molecule has 1 fully saturated rings. The fourth-order valence-corrected chi connectivity index (χ4v) is 3.90. The minimum atomic E-state index is -0.0800. The van der Waals surface area contributed by atoms with E-state index in [0.717, 1.165) is 61.9 Å². The number of carbonyl (C=O) groups is 1. The zero-order valence-electron chi connectivity index (χ0n) is 15.1. The summed E-state index contributed by atoms with van der Waals surface area (Å²) >= 11 is 0. The predicted octanol–water partition coefficient (Wildman–Crippen LogP) is 3.38. The maximum absolute atomic E-state index is 12.8. The van der Waals surface area contributed by atoms with E-state index in [2.05, 4.69) is 20.1 Å². The number of anilines is 1. The molecule has 0 unspecified atom stereocenters. The van der Waals surface area contributed by atoms with E-state index in [4.69, 9.17) is 4.74 Å². The Bertz CT molecular complexity index is 771. The van der Waals surface area contributed by atoms with Crippen molar-refractivity contribution in [2.75, 3.05) is 19.0 Å². The van der Waals surface area contributed by atoms with Crippen molar-refractivity contribution < 1.29 is 9.53 Å². The summed E-state index contributed by atoms with van der Waals surface area (Å²) in [7, 11) is 1.63. The number of fused-ring (bicyclic) bond motifs is 1. The summed E-state index contributed by atoms with van der Waals surface area (Å²) in [5, 5.41) is 11.9. The van der Waals surface area contributed by atoms with Crippen LogP contribution in [0.1, 0.15) is 49.8 Å². The molecule has 7 heteroatoms. The molecule has 2 aliphatic rings. The number of ether oxygens (including phenoxy) is 1. The van der Waals surface area contributed by atoms with E-state index in [1.165, 1.54) is 12.8 Å². The van der Waals surface area contributed by atoms with Crippen molar-refractivity contribution in [3.63, 3.8) is 0 Å². The molecule has 138 valence electrons. The highest BCUT2D eigenvalue weighted by Gasteiger charge is 2.34. The van der Waals surface area contributed by atoms with Gasteiger partial charge >= 0.3 is 6.03 Å². The zero-order chi connectivity index (χ0) is 17.9. The van der Waals surface area contributed by atoms with Crippen molar-refractivity contribution in [3.8, 4) is 5.75 Å². The quantitative estimate of drug-likeness (QED) is 0.916. The van der Waals surface area contributed by atoms with Crippen LogP contribution in [0.5, 0.6) is 5.75 Å². The van der Waals surface area contributed by atoms with Crippen molar-refractivity contribution in [3.05, 3.63) is 35.9 Å². The van der Waals surface area contributed by atoms with Crippen LogP contribution in [0.25, 0.3) is 0 Å². The number of benzene rings is 1. The summed E-state index contributed by atoms with van der Waals surface area (Å²) in [6.07, 6.45) is 6.47. The Morgan fingerprint density at radius 2 is 1.96 bits per heavy atom. The van der Waals surface area contributed by atoms with Gasteiger partial charge in [-0.3, -0.25) is 0 Å². The minimum absolute atomic E-state index is 0.00704. The molecular formula is C19H25N5O2. The standard InChI is InChI=1S/C19H25N5O2/c1-26-15-10-8-14(9-11-15)20-19(25)23-13-5-6-16(23)18-22-21-17-7-3-2-4-12-24(17)18/h8-11,16H,2-7,12-13H2,1H3,(H,20,25)/t16-/m1/s1. The molecule has 0 radical (unpaired) electrons. The number of amides is 2. The topological polar surface area (TPSA) is 72.3 Å². The van der Waals surface area contributed by atoms with Gasteiger partial charge in [-0.25, -0.2) is 4.79 Å². The van der Waals surface area contributed by atoms with E-state index in [9.17, 15) is 4.79 Å². The van der Waals surface area contributed by atoms with E-state index >= 15 is 0 Å². The van der Waals surface area contributed by atoms with E-state index in [1.54, 1.807) is 7.11 Å². The second-order valence-corrected chi connectivity index (χ2v) is 6.95. The van der Waals surface area contributed by atoms with E-state index < -0.39 is 0 Å². The van der Waals surface area contributed by atoms with Gasteiger partial charge in [0.15, 0.2) is 5.82 Å². The number of hydrogen-bond donors (Lipinski definition) is 1. The van der Waals surface area contributed by atoms with Gasteiger partial charge in [-0.1, -0.05) is 6.42 Å². The monoisotopic (exact) mass is 355 g/mol. The second-order valence-electron chi connectivity index (χ2n) is 6.95. The number of rotatable bonds is 3. The molecule has 0 bridgehead atoms. The molecule has 1 saturated heterocycles. The van der Waals surface area contributed by atoms with Crippen molar-refractivity contribution in [1.29, 1.82) is 0 Å². The largest absolute Gasteiger partial charge is 0.497 e. The van der Waals surface area contributed by atoms with Gasteiger partial charge in [-0.05, 0) is 49.9 Å². The van der Waals surface area contributed by atoms with Gasteiger partial charge in [0.2, 0.25) is 0 Å². The molecule has 2 amide bonds. The van der Waals surface area contributed by atoms with E-state index in [1.807, 2.05) is 29.2 Å². The molecule has 1 aromatic heterocycles. The Morgan fingerprint density at radius 1 is 1.12 bits per heavy atom. The number of methoxy groups -OCH3 is 1. The number of hydrogen-bond acceptors (Lipinski definition) is 4. The average molecular weight is 355 g/mol. The van der Waals surface area contributed by atoms with Gasteiger partial charge in [0, 0.05) is 25.2 Å². The molecule has 0 saturated carbocycles. The smallest absolute Gasteiger partial charge is 0.322 e. The highest BCUT2D eigenvalue weighted by Crippen LogP contribution is 2.33. The summed E-state index contributed by atoms with van der Waals surface area (Å²) in [5.41, 5.74) is 0.765. The lowest BCUT2D eigenvalue weighted by molar-refractivity contribution is 0.203. The van der Waals surface area contributed by atoms with Crippen molar-refractivity contribution in [1.82, 2.24) is 19.7 Å². The summed E-state index contributed by atoms with van der Waals surface area (Å²) in [4.78, 5) is 14.7. The van der Waals surface area contributed by atoms with Gasteiger partial charge in [0.1, 0.15) is 11.6 Å². The first-order chi connectivity index (χ1) is 12.8. The maximum atomic E-state index is 12.8. The zero-order valence-corrected chi connectivity index (χ0v) is 15.1. The molecule has 7 nitrogen and oxygen atoms in total. The van der Waals surface area contributed by atoms with Gasteiger partial charge in [-0.2, -0.15) is 0 Å². The maximum Gasteiger partial charge on any atom is 0.322 e. The van der Waals surface area contributed by atoms with Crippen molar-refractivity contribution in [2.24, 2.45) is 0 Å². The minimum Gasteiger partial charge on any atom is -0.497 e. The lowest BCUT2D eigenvalue weighted by Gasteiger charge is -2.25. The summed E-state index contributed by atoms with van der Waals surface area (Å²) < 4.78 is 7.41. The molecule has 0 aliphatic carbocycles. The molecular weight excluding hydrogens is 330 g/mol. The Hall–Kier alpha value is -2.57. The third-order valence-electron chi connectivity index (χ3n) is 5.29. The van der Waals surface area contributed by atoms with Crippen LogP contribution in [0.4, 0.5) is 10.5 Å². The van der Waals surface area contributed by atoms with Gasteiger partial charge in [0.05, 0.1) is 13.2 Å². The number of urea groups is 1. The summed E-state index contributed by atoms with van der Waals surface area (Å²) in [5.74, 6) is 2.79. The second kappa shape index (κ2) is 7.35. The number of aryl methyl sites for hydroxylation is 1. The fourth-order valence-electron chi connectivity index (χ4n) is 3.90. The number of likely N-dealkylation sites (tertiary alicyclic amines) is 1. The third-order valence-corrected chi connectivity index (χ3v) is 5.29. The van der Waals surface area contributed by atoms with E-state index in [0.29, 0.717) is 0 Å². The number of nitrogens with zero attached hydrogens (tertiary/aromatic N) is 4. The van der Waals surface area contributed by atoms with Crippen LogP contribution in [0.3, 0.4) is 0 Å². The summed E-state index contributed by atoms with van der Waals surface area (Å²) in [6.45, 7) is 1.71. The average Bonchev–Trinajstić information content (AvgIpc) is 3.23. The van der Waals surface area contributed by atoms with Crippen LogP contribution in [0, 0.1) is 0 Å². The van der Waals surface area contributed by atoms with Gasteiger partial charge in [0.25, 0.3) is 0 Å². The predicted molar refractivity (Wildman–Crippen MR) is 98.3 cm³/mol. The van der Waals surface area contributed by atoms with Crippen LogP contribution in [-0.4, -0.2) is 39.4 Å². The molecule has 1 aromatic carbocycles.